The summed E-state index contributed by atoms with van der Waals surface area (Å²) in [4.78, 5) is 25.4. The lowest BCUT2D eigenvalue weighted by atomic mass is 10.1. The molecule has 0 unspecified atom stereocenters. The molecule has 0 aliphatic heterocycles. The van der Waals surface area contributed by atoms with Crippen molar-refractivity contribution >= 4 is 17.5 Å². The number of benzene rings is 1. The fraction of sp³-hybridized carbons (Fsp3) is 0.333. The van der Waals surface area contributed by atoms with Gasteiger partial charge in [0.05, 0.1) is 12.8 Å². The third kappa shape index (κ3) is 4.98. The van der Waals surface area contributed by atoms with E-state index in [9.17, 15) is 9.59 Å². The van der Waals surface area contributed by atoms with Gasteiger partial charge in [-0.15, -0.1) is 0 Å². The number of amides is 2. The molecule has 122 valence electrons. The van der Waals surface area contributed by atoms with E-state index in [4.69, 9.17) is 4.42 Å². The van der Waals surface area contributed by atoms with Gasteiger partial charge in [-0.2, -0.15) is 0 Å². The molecule has 1 aromatic heterocycles. The summed E-state index contributed by atoms with van der Waals surface area (Å²) in [5.74, 6) is 0.525. The first-order valence-electron chi connectivity index (χ1n) is 7.75. The molecule has 0 aliphatic rings. The van der Waals surface area contributed by atoms with Crippen molar-refractivity contribution in [3.05, 3.63) is 54.0 Å². The van der Waals surface area contributed by atoms with Gasteiger partial charge in [-0.1, -0.05) is 25.1 Å². The van der Waals surface area contributed by atoms with Crippen LogP contribution in [0.2, 0.25) is 0 Å². The SMILES string of the molecule is CCc1ccccc1NC(=O)CCN(Cc1ccco1)C(C)=O. The normalized spacial score (nSPS) is 10.3. The van der Waals surface area contributed by atoms with Crippen molar-refractivity contribution in [3.63, 3.8) is 0 Å². The van der Waals surface area contributed by atoms with Gasteiger partial charge in [0.15, 0.2) is 0 Å². The van der Waals surface area contributed by atoms with Crippen molar-refractivity contribution in [2.75, 3.05) is 11.9 Å². The van der Waals surface area contributed by atoms with Gasteiger partial charge in [-0.25, -0.2) is 0 Å². The van der Waals surface area contributed by atoms with E-state index in [2.05, 4.69) is 5.32 Å². The van der Waals surface area contributed by atoms with Crippen LogP contribution >= 0.6 is 0 Å². The van der Waals surface area contributed by atoms with Crippen molar-refractivity contribution in [1.82, 2.24) is 4.90 Å². The zero-order valence-corrected chi connectivity index (χ0v) is 13.5. The summed E-state index contributed by atoms with van der Waals surface area (Å²) in [5, 5.41) is 2.91. The second-order valence-electron chi connectivity index (χ2n) is 5.33. The average molecular weight is 314 g/mol. The Labute approximate surface area is 136 Å². The fourth-order valence-corrected chi connectivity index (χ4v) is 2.34. The molecule has 1 heterocycles. The van der Waals surface area contributed by atoms with Crippen molar-refractivity contribution < 1.29 is 14.0 Å². The van der Waals surface area contributed by atoms with Gasteiger partial charge in [0.25, 0.3) is 0 Å². The minimum absolute atomic E-state index is 0.0804. The van der Waals surface area contributed by atoms with Crippen molar-refractivity contribution in [2.24, 2.45) is 0 Å². The summed E-state index contributed by atoms with van der Waals surface area (Å²) < 4.78 is 5.25. The van der Waals surface area contributed by atoms with Crippen molar-refractivity contribution in [2.45, 2.75) is 33.2 Å². The van der Waals surface area contributed by atoms with Crippen LogP contribution in [-0.4, -0.2) is 23.3 Å². The van der Waals surface area contributed by atoms with Crippen LogP contribution in [0.25, 0.3) is 0 Å². The van der Waals surface area contributed by atoms with E-state index >= 15 is 0 Å². The Balaban J connectivity index is 1.90. The molecule has 2 rings (SSSR count). The summed E-state index contributed by atoms with van der Waals surface area (Å²) in [6.45, 7) is 4.27. The molecule has 1 N–H and O–H groups in total. The number of aryl methyl sites for hydroxylation is 1. The molecule has 2 aromatic rings. The molecule has 0 radical (unpaired) electrons. The number of carbonyl (C=O) groups is 2. The van der Waals surface area contributed by atoms with E-state index in [-0.39, 0.29) is 18.2 Å². The summed E-state index contributed by atoms with van der Waals surface area (Å²) in [7, 11) is 0. The van der Waals surface area contributed by atoms with Gasteiger partial charge >= 0.3 is 0 Å². The van der Waals surface area contributed by atoms with Crippen LogP contribution in [0.4, 0.5) is 5.69 Å². The zero-order chi connectivity index (χ0) is 16.7. The van der Waals surface area contributed by atoms with E-state index in [1.807, 2.05) is 37.3 Å². The predicted molar refractivity (Wildman–Crippen MR) is 88.9 cm³/mol. The van der Waals surface area contributed by atoms with Crippen LogP contribution in [-0.2, 0) is 22.6 Å². The Morgan fingerprint density at radius 3 is 2.61 bits per heavy atom. The molecule has 5 nitrogen and oxygen atoms in total. The van der Waals surface area contributed by atoms with Crippen LogP contribution in [0.5, 0.6) is 0 Å². The largest absolute Gasteiger partial charge is 0.467 e. The third-order valence-corrected chi connectivity index (χ3v) is 3.65. The number of rotatable bonds is 7. The highest BCUT2D eigenvalue weighted by Gasteiger charge is 2.13. The van der Waals surface area contributed by atoms with Gasteiger partial charge in [-0.3, -0.25) is 9.59 Å². The quantitative estimate of drug-likeness (QED) is 0.853. The summed E-state index contributed by atoms with van der Waals surface area (Å²) in [6.07, 6.45) is 2.68. The number of hydrogen-bond donors (Lipinski definition) is 1. The van der Waals surface area contributed by atoms with Crippen LogP contribution < -0.4 is 5.32 Å². The maximum atomic E-state index is 12.1. The van der Waals surface area contributed by atoms with Crippen LogP contribution in [0.1, 0.15) is 31.6 Å². The lowest BCUT2D eigenvalue weighted by Crippen LogP contribution is -2.31. The van der Waals surface area contributed by atoms with Crippen LogP contribution in [0.15, 0.2) is 47.1 Å². The van der Waals surface area contributed by atoms with E-state index < -0.39 is 0 Å². The Morgan fingerprint density at radius 2 is 1.96 bits per heavy atom. The Hall–Kier alpha value is -2.56. The molecule has 0 atom stereocenters. The van der Waals surface area contributed by atoms with E-state index in [1.165, 1.54) is 6.92 Å². The van der Waals surface area contributed by atoms with E-state index in [0.29, 0.717) is 18.8 Å². The first-order valence-corrected chi connectivity index (χ1v) is 7.75. The average Bonchev–Trinajstić information content (AvgIpc) is 3.04. The highest BCUT2D eigenvalue weighted by atomic mass is 16.3. The Kier molecular flexibility index (Phi) is 5.97. The number of carbonyl (C=O) groups excluding carboxylic acids is 2. The first-order chi connectivity index (χ1) is 11.1. The number of para-hydroxylation sites is 1. The van der Waals surface area contributed by atoms with Gasteiger partial charge in [0.2, 0.25) is 11.8 Å². The Morgan fingerprint density at radius 1 is 1.17 bits per heavy atom. The molecule has 5 heteroatoms. The smallest absolute Gasteiger partial charge is 0.226 e. The molecule has 0 aliphatic carbocycles. The predicted octanol–water partition coefficient (Wildman–Crippen LogP) is 3.22. The molecule has 23 heavy (non-hydrogen) atoms. The standard InChI is InChI=1S/C18H22N2O3/c1-3-15-7-4-5-9-17(15)19-18(22)10-11-20(14(2)21)13-16-8-6-12-23-16/h4-9,12H,3,10-11,13H2,1-2H3,(H,19,22). The summed E-state index contributed by atoms with van der Waals surface area (Å²) in [5.41, 5.74) is 1.93. The maximum Gasteiger partial charge on any atom is 0.226 e. The van der Waals surface area contributed by atoms with Crippen molar-refractivity contribution in [3.8, 4) is 0 Å². The van der Waals surface area contributed by atoms with Crippen molar-refractivity contribution in [1.29, 1.82) is 0 Å². The van der Waals surface area contributed by atoms with E-state index in [0.717, 1.165) is 17.7 Å². The summed E-state index contributed by atoms with van der Waals surface area (Å²) >= 11 is 0. The zero-order valence-electron chi connectivity index (χ0n) is 13.5. The lowest BCUT2D eigenvalue weighted by molar-refractivity contribution is -0.130. The number of nitrogens with one attached hydrogen (secondary N) is 1. The maximum absolute atomic E-state index is 12.1. The number of nitrogens with zero attached hydrogens (tertiary/aromatic N) is 1. The van der Waals surface area contributed by atoms with Crippen LogP contribution in [0.3, 0.4) is 0 Å². The third-order valence-electron chi connectivity index (χ3n) is 3.65. The summed E-state index contributed by atoms with van der Waals surface area (Å²) in [6, 6.07) is 11.3. The van der Waals surface area contributed by atoms with Gasteiger partial charge in [0, 0.05) is 25.6 Å². The fourth-order valence-electron chi connectivity index (χ4n) is 2.34. The minimum Gasteiger partial charge on any atom is -0.467 e. The first kappa shape index (κ1) is 16.8. The molecule has 0 saturated heterocycles. The number of anilines is 1. The molecule has 0 bridgehead atoms. The second-order valence-corrected chi connectivity index (χ2v) is 5.33. The number of furan rings is 1. The number of hydrogen-bond acceptors (Lipinski definition) is 3. The van der Waals surface area contributed by atoms with Crippen LogP contribution in [0, 0.1) is 0 Å². The Bertz CT molecular complexity index is 650. The minimum atomic E-state index is -0.100. The highest BCUT2D eigenvalue weighted by Crippen LogP contribution is 2.15. The molecule has 0 saturated carbocycles. The molecular weight excluding hydrogens is 292 g/mol. The molecule has 1 aromatic carbocycles. The van der Waals surface area contributed by atoms with Gasteiger partial charge in [-0.05, 0) is 30.2 Å². The molecule has 0 fully saturated rings. The van der Waals surface area contributed by atoms with Gasteiger partial charge in [0.1, 0.15) is 5.76 Å². The molecule has 2 amide bonds. The van der Waals surface area contributed by atoms with Gasteiger partial charge < -0.3 is 14.6 Å². The monoisotopic (exact) mass is 314 g/mol. The van der Waals surface area contributed by atoms with E-state index in [1.54, 1.807) is 17.2 Å². The molecule has 0 spiro atoms. The molecular formula is C18H22N2O3. The topological polar surface area (TPSA) is 62.6 Å². The highest BCUT2D eigenvalue weighted by molar-refractivity contribution is 5.91. The lowest BCUT2D eigenvalue weighted by Gasteiger charge is -2.19. The second kappa shape index (κ2) is 8.17.